The second-order valence-corrected chi connectivity index (χ2v) is 7.43. The van der Waals surface area contributed by atoms with E-state index in [1.54, 1.807) is 24.7 Å². The van der Waals surface area contributed by atoms with Gasteiger partial charge in [0.25, 0.3) is 0 Å². The largest absolute Gasteiger partial charge is 0.478 e. The molecule has 33 heavy (non-hydrogen) atoms. The summed E-state index contributed by atoms with van der Waals surface area (Å²) in [5.74, 6) is -0.444. The molecule has 0 saturated carbocycles. The van der Waals surface area contributed by atoms with Crippen molar-refractivity contribution in [2.75, 3.05) is 10.6 Å². The summed E-state index contributed by atoms with van der Waals surface area (Å²) in [5.41, 5.74) is 6.61. The number of aryl methyl sites for hydroxylation is 1. The number of carboxylic acid groups (broad SMARTS) is 1. The number of nitrogens with zero attached hydrogens (tertiary/aromatic N) is 3. The van der Waals surface area contributed by atoms with Gasteiger partial charge in [-0.15, -0.1) is 0 Å². The predicted molar refractivity (Wildman–Crippen MR) is 130 cm³/mol. The Morgan fingerprint density at radius 1 is 1.06 bits per heavy atom. The van der Waals surface area contributed by atoms with Gasteiger partial charge in [0.2, 0.25) is 5.95 Å². The minimum absolute atomic E-state index is 0.515. The molecule has 0 bridgehead atoms. The van der Waals surface area contributed by atoms with Crippen molar-refractivity contribution in [2.45, 2.75) is 13.5 Å². The highest BCUT2D eigenvalue weighted by molar-refractivity contribution is 5.85. The molecule has 0 aliphatic carbocycles. The number of aliphatic carboxylic acids is 1. The number of aromatic nitrogens is 3. The topological polar surface area (TPSA) is 100 Å². The number of rotatable bonds is 8. The monoisotopic (exact) mass is 437 g/mol. The van der Waals surface area contributed by atoms with E-state index in [0.29, 0.717) is 12.5 Å². The van der Waals surface area contributed by atoms with Crippen molar-refractivity contribution in [3.63, 3.8) is 0 Å². The van der Waals surface area contributed by atoms with E-state index in [1.165, 1.54) is 0 Å². The van der Waals surface area contributed by atoms with Crippen molar-refractivity contribution in [3.8, 4) is 11.3 Å². The highest BCUT2D eigenvalue weighted by Crippen LogP contribution is 2.24. The molecule has 2 aromatic carbocycles. The van der Waals surface area contributed by atoms with Crippen LogP contribution in [0.25, 0.3) is 17.3 Å². The van der Waals surface area contributed by atoms with Crippen LogP contribution >= 0.6 is 0 Å². The van der Waals surface area contributed by atoms with E-state index in [0.717, 1.165) is 45.4 Å². The maximum atomic E-state index is 10.6. The summed E-state index contributed by atoms with van der Waals surface area (Å²) < 4.78 is 0. The zero-order chi connectivity index (χ0) is 23.0. The molecule has 7 heteroatoms. The van der Waals surface area contributed by atoms with Gasteiger partial charge in [-0.1, -0.05) is 30.3 Å². The van der Waals surface area contributed by atoms with Crippen LogP contribution in [0.15, 0.2) is 85.3 Å². The van der Waals surface area contributed by atoms with Crippen molar-refractivity contribution in [2.24, 2.45) is 0 Å². The van der Waals surface area contributed by atoms with Gasteiger partial charge in [-0.25, -0.2) is 14.8 Å². The number of carbonyl (C=O) groups is 1. The van der Waals surface area contributed by atoms with Crippen molar-refractivity contribution in [3.05, 3.63) is 102 Å². The lowest BCUT2D eigenvalue weighted by atomic mass is 10.1. The molecule has 0 unspecified atom stereocenters. The standard InChI is InChI=1S/C26H23N5O2/c1-18-4-10-22(29-16-20-7-5-19(6-8-20)9-11-25(32)33)15-24(18)31-26-28-14-12-23(30-26)21-3-2-13-27-17-21/h2-15,17,29H,16H2,1H3,(H,32,33)(H,28,30,31). The zero-order valence-electron chi connectivity index (χ0n) is 18.1. The molecule has 7 nitrogen and oxygen atoms in total. The molecule has 0 spiro atoms. The number of anilines is 3. The van der Waals surface area contributed by atoms with E-state index in [1.807, 2.05) is 67.6 Å². The molecule has 4 aromatic rings. The summed E-state index contributed by atoms with van der Waals surface area (Å²) in [6.45, 7) is 2.67. The lowest BCUT2D eigenvalue weighted by Gasteiger charge is -2.13. The third kappa shape index (κ3) is 6.01. The van der Waals surface area contributed by atoms with Gasteiger partial charge in [0, 0.05) is 48.1 Å². The average Bonchev–Trinajstić information content (AvgIpc) is 2.84. The van der Waals surface area contributed by atoms with E-state index >= 15 is 0 Å². The number of benzene rings is 2. The van der Waals surface area contributed by atoms with Crippen LogP contribution in [0.5, 0.6) is 0 Å². The van der Waals surface area contributed by atoms with E-state index in [4.69, 9.17) is 5.11 Å². The van der Waals surface area contributed by atoms with Crippen molar-refractivity contribution in [1.82, 2.24) is 15.0 Å². The maximum Gasteiger partial charge on any atom is 0.328 e. The quantitative estimate of drug-likeness (QED) is 0.322. The number of nitrogens with one attached hydrogen (secondary N) is 2. The Bertz CT molecular complexity index is 1270. The van der Waals surface area contributed by atoms with E-state index in [-0.39, 0.29) is 0 Å². The van der Waals surface area contributed by atoms with E-state index in [2.05, 4.69) is 25.6 Å². The minimum atomic E-state index is -0.960. The molecule has 2 heterocycles. The first-order chi connectivity index (χ1) is 16.1. The molecule has 3 N–H and O–H groups in total. The van der Waals surface area contributed by atoms with Gasteiger partial charge in [-0.2, -0.15) is 0 Å². The zero-order valence-corrected chi connectivity index (χ0v) is 18.1. The summed E-state index contributed by atoms with van der Waals surface area (Å²) in [5, 5.41) is 15.5. The molecule has 0 saturated heterocycles. The van der Waals surface area contributed by atoms with Crippen LogP contribution in [0.1, 0.15) is 16.7 Å². The van der Waals surface area contributed by atoms with E-state index in [9.17, 15) is 4.79 Å². The third-order valence-electron chi connectivity index (χ3n) is 4.99. The van der Waals surface area contributed by atoms with Gasteiger partial charge >= 0.3 is 5.97 Å². The maximum absolute atomic E-state index is 10.6. The molecule has 0 fully saturated rings. The highest BCUT2D eigenvalue weighted by Gasteiger charge is 2.06. The van der Waals surface area contributed by atoms with Crippen LogP contribution in [0.3, 0.4) is 0 Å². The molecule has 0 aliphatic rings. The van der Waals surface area contributed by atoms with Crippen molar-refractivity contribution in [1.29, 1.82) is 0 Å². The number of hydrogen-bond donors (Lipinski definition) is 3. The molecule has 0 aliphatic heterocycles. The molecule has 0 atom stereocenters. The molecule has 0 radical (unpaired) electrons. The van der Waals surface area contributed by atoms with Gasteiger partial charge < -0.3 is 15.7 Å². The summed E-state index contributed by atoms with van der Waals surface area (Å²) >= 11 is 0. The second-order valence-electron chi connectivity index (χ2n) is 7.43. The molecule has 4 rings (SSSR count). The van der Waals surface area contributed by atoms with Crippen LogP contribution in [0.4, 0.5) is 17.3 Å². The van der Waals surface area contributed by atoms with Crippen LogP contribution < -0.4 is 10.6 Å². The fourth-order valence-corrected chi connectivity index (χ4v) is 3.20. The molecule has 0 amide bonds. The van der Waals surface area contributed by atoms with Crippen LogP contribution in [0.2, 0.25) is 0 Å². The van der Waals surface area contributed by atoms with Gasteiger partial charge in [-0.3, -0.25) is 4.98 Å². The SMILES string of the molecule is Cc1ccc(NCc2ccc(C=CC(=O)O)cc2)cc1Nc1nccc(-c2cccnc2)n1. The highest BCUT2D eigenvalue weighted by atomic mass is 16.4. The number of carboxylic acids is 1. The van der Waals surface area contributed by atoms with Crippen LogP contribution in [0, 0.1) is 6.92 Å². The molecule has 2 aromatic heterocycles. The molecular formula is C26H23N5O2. The Labute approximate surface area is 191 Å². The first-order valence-electron chi connectivity index (χ1n) is 10.4. The Morgan fingerprint density at radius 3 is 2.67 bits per heavy atom. The summed E-state index contributed by atoms with van der Waals surface area (Å²) in [6, 6.07) is 19.5. The first kappa shape index (κ1) is 21.7. The summed E-state index contributed by atoms with van der Waals surface area (Å²) in [6.07, 6.45) is 7.94. The van der Waals surface area contributed by atoms with Crippen molar-refractivity contribution >= 4 is 29.4 Å². The number of pyridine rings is 1. The molecule has 164 valence electrons. The van der Waals surface area contributed by atoms with Gasteiger partial charge in [0.1, 0.15) is 0 Å². The fraction of sp³-hybridized carbons (Fsp3) is 0.0769. The lowest BCUT2D eigenvalue weighted by Crippen LogP contribution is -2.02. The molecular weight excluding hydrogens is 414 g/mol. The normalized spacial score (nSPS) is 10.8. The average molecular weight is 438 g/mol. The van der Waals surface area contributed by atoms with E-state index < -0.39 is 5.97 Å². The second kappa shape index (κ2) is 10.2. The van der Waals surface area contributed by atoms with Crippen LogP contribution in [-0.4, -0.2) is 26.0 Å². The summed E-state index contributed by atoms with van der Waals surface area (Å²) in [4.78, 5) is 23.8. The minimum Gasteiger partial charge on any atom is -0.478 e. The Kier molecular flexibility index (Phi) is 6.70. The lowest BCUT2D eigenvalue weighted by molar-refractivity contribution is -0.131. The van der Waals surface area contributed by atoms with Crippen LogP contribution in [-0.2, 0) is 11.3 Å². The van der Waals surface area contributed by atoms with Gasteiger partial charge in [0.05, 0.1) is 5.69 Å². The Balaban J connectivity index is 1.44. The Hall–Kier alpha value is -4.52. The first-order valence-corrected chi connectivity index (χ1v) is 10.4. The van der Waals surface area contributed by atoms with Gasteiger partial charge in [-0.05, 0) is 60.0 Å². The van der Waals surface area contributed by atoms with Crippen molar-refractivity contribution < 1.29 is 9.90 Å². The van der Waals surface area contributed by atoms with Gasteiger partial charge in [0.15, 0.2) is 0 Å². The Morgan fingerprint density at radius 2 is 1.91 bits per heavy atom. The fourth-order valence-electron chi connectivity index (χ4n) is 3.20. The predicted octanol–water partition coefficient (Wildman–Crippen LogP) is 5.30. The number of hydrogen-bond acceptors (Lipinski definition) is 6. The summed E-state index contributed by atoms with van der Waals surface area (Å²) in [7, 11) is 0. The smallest absolute Gasteiger partial charge is 0.328 e. The third-order valence-corrected chi connectivity index (χ3v) is 4.99.